The Bertz CT molecular complexity index is 419. The number of aromatic carboxylic acids is 1. The Balaban J connectivity index is 3.17. The van der Waals surface area contributed by atoms with Crippen LogP contribution in [0.2, 0.25) is 0 Å². The smallest absolute Gasteiger partial charge is 0.339 e. The first-order valence-corrected chi connectivity index (χ1v) is 6.13. The molecular weight excluding hydrogens is 232 g/mol. The van der Waals surface area contributed by atoms with E-state index in [4.69, 9.17) is 9.84 Å². The van der Waals surface area contributed by atoms with Crippen LogP contribution in [0, 0.1) is 5.92 Å². The van der Waals surface area contributed by atoms with E-state index >= 15 is 0 Å². The van der Waals surface area contributed by atoms with E-state index in [0.717, 1.165) is 6.42 Å². The predicted octanol–water partition coefficient (Wildman–Crippen LogP) is 2.47. The summed E-state index contributed by atoms with van der Waals surface area (Å²) in [4.78, 5) is 19.5. The molecular formula is C13H20N2O3. The molecule has 18 heavy (non-hydrogen) atoms. The van der Waals surface area contributed by atoms with E-state index in [0.29, 0.717) is 17.9 Å². The lowest BCUT2D eigenvalue weighted by Crippen LogP contribution is -2.16. The van der Waals surface area contributed by atoms with Crippen LogP contribution >= 0.6 is 0 Å². The van der Waals surface area contributed by atoms with Gasteiger partial charge in [-0.05, 0) is 12.3 Å². The number of carboxylic acid groups (broad SMARTS) is 1. The van der Waals surface area contributed by atoms with E-state index in [9.17, 15) is 4.79 Å². The molecule has 0 aliphatic carbocycles. The Morgan fingerprint density at radius 3 is 2.61 bits per heavy atom. The summed E-state index contributed by atoms with van der Waals surface area (Å²) in [6.45, 7) is 6.02. The lowest BCUT2D eigenvalue weighted by molar-refractivity contribution is 0.0568. The largest absolute Gasteiger partial charge is 0.478 e. The summed E-state index contributed by atoms with van der Waals surface area (Å²) >= 11 is 0. The molecule has 1 unspecified atom stereocenters. The molecule has 1 aromatic rings. The maximum atomic E-state index is 11.1. The minimum absolute atomic E-state index is 0.180. The van der Waals surface area contributed by atoms with Crippen molar-refractivity contribution in [1.29, 1.82) is 0 Å². The van der Waals surface area contributed by atoms with Crippen LogP contribution in [0.25, 0.3) is 0 Å². The Kier molecular flexibility index (Phi) is 5.22. The van der Waals surface area contributed by atoms with E-state index in [-0.39, 0.29) is 17.6 Å². The van der Waals surface area contributed by atoms with Gasteiger partial charge in [0.15, 0.2) is 5.82 Å². The first-order valence-electron chi connectivity index (χ1n) is 6.13. The topological polar surface area (TPSA) is 72.3 Å². The molecule has 5 nitrogen and oxygen atoms in total. The fourth-order valence-electron chi connectivity index (χ4n) is 1.85. The van der Waals surface area contributed by atoms with Gasteiger partial charge in [-0.25, -0.2) is 14.8 Å². The van der Waals surface area contributed by atoms with Crippen molar-refractivity contribution >= 4 is 5.97 Å². The molecule has 1 atom stereocenters. The summed E-state index contributed by atoms with van der Waals surface area (Å²) in [5, 5.41) is 9.08. The van der Waals surface area contributed by atoms with Crippen molar-refractivity contribution in [3.05, 3.63) is 23.3 Å². The van der Waals surface area contributed by atoms with Gasteiger partial charge >= 0.3 is 5.97 Å². The molecule has 100 valence electrons. The van der Waals surface area contributed by atoms with Gasteiger partial charge in [-0.1, -0.05) is 27.2 Å². The van der Waals surface area contributed by atoms with Crippen molar-refractivity contribution in [2.75, 3.05) is 7.11 Å². The van der Waals surface area contributed by atoms with E-state index in [1.807, 2.05) is 20.8 Å². The van der Waals surface area contributed by atoms with Crippen molar-refractivity contribution in [3.63, 3.8) is 0 Å². The summed E-state index contributed by atoms with van der Waals surface area (Å²) in [6.07, 6.45) is 2.65. The van der Waals surface area contributed by atoms with Gasteiger partial charge in [0.25, 0.3) is 0 Å². The number of hydrogen-bond acceptors (Lipinski definition) is 4. The zero-order valence-corrected chi connectivity index (χ0v) is 11.3. The van der Waals surface area contributed by atoms with Gasteiger partial charge in [0.2, 0.25) is 0 Å². The summed E-state index contributed by atoms with van der Waals surface area (Å²) < 4.78 is 5.36. The second kappa shape index (κ2) is 6.44. The molecule has 1 aromatic heterocycles. The first kappa shape index (κ1) is 14.6. The van der Waals surface area contributed by atoms with E-state index < -0.39 is 5.97 Å². The van der Waals surface area contributed by atoms with Crippen LogP contribution in [-0.2, 0) is 11.2 Å². The first-order chi connectivity index (χ1) is 8.51. The summed E-state index contributed by atoms with van der Waals surface area (Å²) in [5.41, 5.74) is 0.761. The van der Waals surface area contributed by atoms with Gasteiger partial charge in [0.1, 0.15) is 6.10 Å². The second-order valence-corrected chi connectivity index (χ2v) is 4.54. The maximum Gasteiger partial charge on any atom is 0.339 e. The molecule has 0 bridgehead atoms. The van der Waals surface area contributed by atoms with Gasteiger partial charge in [-0.15, -0.1) is 0 Å². The third-order valence-corrected chi connectivity index (χ3v) is 2.72. The molecule has 0 amide bonds. The highest BCUT2D eigenvalue weighted by atomic mass is 16.5. The highest BCUT2D eigenvalue weighted by Gasteiger charge is 2.21. The predicted molar refractivity (Wildman–Crippen MR) is 67.6 cm³/mol. The van der Waals surface area contributed by atoms with E-state index in [1.165, 1.54) is 6.20 Å². The highest BCUT2D eigenvalue weighted by molar-refractivity contribution is 5.88. The standard InChI is InChI=1S/C13H20N2O3/c1-5-6-10-9(13(16)17)7-14-12(15-10)11(18-4)8(2)3/h7-8,11H,5-6H2,1-4H3,(H,16,17). The molecule has 0 fully saturated rings. The third-order valence-electron chi connectivity index (χ3n) is 2.72. The zero-order chi connectivity index (χ0) is 13.7. The Morgan fingerprint density at radius 1 is 1.50 bits per heavy atom. The minimum atomic E-state index is -0.983. The minimum Gasteiger partial charge on any atom is -0.478 e. The molecule has 0 spiro atoms. The van der Waals surface area contributed by atoms with Crippen LogP contribution in [0.15, 0.2) is 6.20 Å². The van der Waals surface area contributed by atoms with Crippen LogP contribution in [0.5, 0.6) is 0 Å². The van der Waals surface area contributed by atoms with Crippen LogP contribution < -0.4 is 0 Å². The quantitative estimate of drug-likeness (QED) is 0.842. The third kappa shape index (κ3) is 3.26. The van der Waals surface area contributed by atoms with Gasteiger partial charge < -0.3 is 9.84 Å². The molecule has 1 heterocycles. The van der Waals surface area contributed by atoms with E-state index in [1.54, 1.807) is 7.11 Å². The van der Waals surface area contributed by atoms with Crippen molar-refractivity contribution < 1.29 is 14.6 Å². The summed E-state index contributed by atoms with van der Waals surface area (Å²) in [7, 11) is 1.61. The SMILES string of the molecule is CCCc1nc(C(OC)C(C)C)ncc1C(=O)O. The number of carboxylic acids is 1. The molecule has 0 saturated heterocycles. The highest BCUT2D eigenvalue weighted by Crippen LogP contribution is 2.22. The lowest BCUT2D eigenvalue weighted by atomic mass is 10.1. The second-order valence-electron chi connectivity index (χ2n) is 4.54. The number of hydrogen-bond donors (Lipinski definition) is 1. The number of rotatable bonds is 6. The van der Waals surface area contributed by atoms with Gasteiger partial charge in [-0.2, -0.15) is 0 Å². The molecule has 0 saturated carbocycles. The fraction of sp³-hybridized carbons (Fsp3) is 0.615. The van der Waals surface area contributed by atoms with Gasteiger partial charge in [0, 0.05) is 13.3 Å². The summed E-state index contributed by atoms with van der Waals surface area (Å²) in [6, 6.07) is 0. The molecule has 1 rings (SSSR count). The molecule has 0 aliphatic rings. The van der Waals surface area contributed by atoms with Crippen molar-refractivity contribution in [1.82, 2.24) is 9.97 Å². The molecule has 0 radical (unpaired) electrons. The van der Waals surface area contributed by atoms with Crippen LogP contribution in [0.1, 0.15) is 55.2 Å². The number of methoxy groups -OCH3 is 1. The van der Waals surface area contributed by atoms with Crippen molar-refractivity contribution in [2.45, 2.75) is 39.7 Å². The molecule has 1 N–H and O–H groups in total. The monoisotopic (exact) mass is 252 g/mol. The molecule has 5 heteroatoms. The zero-order valence-electron chi connectivity index (χ0n) is 11.3. The fourth-order valence-corrected chi connectivity index (χ4v) is 1.85. The Morgan fingerprint density at radius 2 is 2.17 bits per heavy atom. The van der Waals surface area contributed by atoms with E-state index in [2.05, 4.69) is 9.97 Å². The normalized spacial score (nSPS) is 12.7. The van der Waals surface area contributed by atoms with Crippen LogP contribution in [0.3, 0.4) is 0 Å². The van der Waals surface area contributed by atoms with Crippen LogP contribution in [0.4, 0.5) is 0 Å². The maximum absolute atomic E-state index is 11.1. The average Bonchev–Trinajstić information content (AvgIpc) is 2.29. The Hall–Kier alpha value is -1.49. The molecule has 0 aromatic carbocycles. The number of ether oxygens (including phenoxy) is 1. The Labute approximate surface area is 107 Å². The number of aryl methyl sites for hydroxylation is 1. The number of carbonyl (C=O) groups is 1. The van der Waals surface area contributed by atoms with Crippen molar-refractivity contribution in [2.24, 2.45) is 5.92 Å². The number of aromatic nitrogens is 2. The number of nitrogens with zero attached hydrogens (tertiary/aromatic N) is 2. The lowest BCUT2D eigenvalue weighted by Gasteiger charge is -2.18. The van der Waals surface area contributed by atoms with Gasteiger partial charge in [0.05, 0.1) is 11.3 Å². The van der Waals surface area contributed by atoms with Crippen molar-refractivity contribution in [3.8, 4) is 0 Å². The average molecular weight is 252 g/mol. The van der Waals surface area contributed by atoms with Gasteiger partial charge in [-0.3, -0.25) is 0 Å². The summed E-state index contributed by atoms with van der Waals surface area (Å²) in [5.74, 6) is -0.190. The molecule has 0 aliphatic heterocycles. The van der Waals surface area contributed by atoms with Crippen LogP contribution in [-0.4, -0.2) is 28.2 Å².